The average Bonchev–Trinajstić information content (AvgIpc) is 3.00. The molecule has 1 heterocycles. The summed E-state index contributed by atoms with van der Waals surface area (Å²) < 4.78 is -1.86. The number of nitro groups is 1. The maximum atomic E-state index is 12.1. The van der Waals surface area contributed by atoms with Crippen LogP contribution in [0, 0.1) is 10.1 Å². The lowest BCUT2D eigenvalue weighted by molar-refractivity contribution is -0.384. The number of rotatable bonds is 5. The first-order valence-corrected chi connectivity index (χ1v) is 8.21. The minimum absolute atomic E-state index is 0.123. The molecule has 2 aromatic rings. The summed E-state index contributed by atoms with van der Waals surface area (Å²) in [6.45, 7) is 0. The van der Waals surface area contributed by atoms with Crippen LogP contribution in [-0.2, 0) is 0 Å². The number of thiophene rings is 1. The van der Waals surface area contributed by atoms with E-state index in [1.54, 1.807) is 23.6 Å². The molecule has 23 heavy (non-hydrogen) atoms. The summed E-state index contributed by atoms with van der Waals surface area (Å²) >= 11 is 18.9. The fourth-order valence-electron chi connectivity index (χ4n) is 1.69. The number of amides is 1. The Labute approximate surface area is 150 Å². The van der Waals surface area contributed by atoms with Gasteiger partial charge in [0.25, 0.3) is 11.6 Å². The molecule has 0 radical (unpaired) electrons. The van der Waals surface area contributed by atoms with Crippen molar-refractivity contribution in [2.45, 2.75) is 9.96 Å². The van der Waals surface area contributed by atoms with Crippen LogP contribution in [-0.4, -0.2) is 20.8 Å². The molecular weight excluding hydrogens is 385 g/mol. The number of hydrogen-bond acceptors (Lipinski definition) is 5. The van der Waals surface area contributed by atoms with Crippen molar-refractivity contribution in [1.29, 1.82) is 0 Å². The minimum Gasteiger partial charge on any atom is -0.362 e. The van der Waals surface area contributed by atoms with Crippen LogP contribution in [0.25, 0.3) is 0 Å². The van der Waals surface area contributed by atoms with Gasteiger partial charge in [0.1, 0.15) is 6.17 Å². The van der Waals surface area contributed by atoms with Crippen LogP contribution in [0.3, 0.4) is 0 Å². The molecule has 0 spiro atoms. The highest BCUT2D eigenvalue weighted by Gasteiger charge is 2.34. The lowest BCUT2D eigenvalue weighted by Gasteiger charge is -2.27. The quantitative estimate of drug-likeness (QED) is 0.344. The largest absolute Gasteiger partial charge is 0.362 e. The van der Waals surface area contributed by atoms with Crippen molar-refractivity contribution < 1.29 is 9.72 Å². The topological polar surface area (TPSA) is 84.3 Å². The monoisotopic (exact) mass is 393 g/mol. The van der Waals surface area contributed by atoms with Crippen molar-refractivity contribution in [1.82, 2.24) is 5.32 Å². The van der Waals surface area contributed by atoms with E-state index in [0.29, 0.717) is 10.6 Å². The Bertz CT molecular complexity index is 704. The average molecular weight is 395 g/mol. The molecule has 0 unspecified atom stereocenters. The summed E-state index contributed by atoms with van der Waals surface area (Å²) in [4.78, 5) is 22.8. The third kappa shape index (κ3) is 4.97. The van der Waals surface area contributed by atoms with Crippen molar-refractivity contribution in [2.24, 2.45) is 0 Å². The fraction of sp³-hybridized carbons (Fsp3) is 0.154. The molecule has 1 aromatic heterocycles. The zero-order chi connectivity index (χ0) is 17.0. The zero-order valence-corrected chi connectivity index (χ0v) is 14.4. The van der Waals surface area contributed by atoms with Crippen LogP contribution < -0.4 is 10.6 Å². The zero-order valence-electron chi connectivity index (χ0n) is 11.3. The molecule has 0 fully saturated rings. The first kappa shape index (κ1) is 17.8. The van der Waals surface area contributed by atoms with Gasteiger partial charge in [0.05, 0.1) is 9.80 Å². The van der Waals surface area contributed by atoms with Crippen LogP contribution in [0.4, 0.5) is 11.4 Å². The second-order valence-electron chi connectivity index (χ2n) is 4.38. The molecule has 1 amide bonds. The highest BCUT2D eigenvalue weighted by Crippen LogP contribution is 2.32. The summed E-state index contributed by atoms with van der Waals surface area (Å²) in [5.74, 6) is -0.422. The SMILES string of the molecule is O=C(N[C@@H](Nc1cccc([N+](=O)[O-])c1)C(Cl)(Cl)Cl)c1cccs1. The summed E-state index contributed by atoms with van der Waals surface area (Å²) in [5.41, 5.74) is 0.213. The maximum Gasteiger partial charge on any atom is 0.271 e. The number of anilines is 1. The predicted octanol–water partition coefficient (Wildman–Crippen LogP) is 4.19. The number of benzene rings is 1. The highest BCUT2D eigenvalue weighted by atomic mass is 35.6. The summed E-state index contributed by atoms with van der Waals surface area (Å²) in [5, 5.41) is 17.9. The van der Waals surface area contributed by atoms with Gasteiger partial charge >= 0.3 is 0 Å². The normalized spacial score (nSPS) is 12.5. The minimum atomic E-state index is -1.86. The maximum absolute atomic E-state index is 12.1. The molecule has 6 nitrogen and oxygen atoms in total. The van der Waals surface area contributed by atoms with Gasteiger partial charge in [0.2, 0.25) is 3.79 Å². The number of carbonyl (C=O) groups excluding carboxylic acids is 1. The van der Waals surface area contributed by atoms with Crippen LogP contribution in [0.2, 0.25) is 0 Å². The molecule has 1 atom stereocenters. The van der Waals surface area contributed by atoms with Crippen molar-refractivity contribution in [2.75, 3.05) is 5.32 Å². The molecule has 0 aliphatic carbocycles. The molecule has 0 aliphatic rings. The van der Waals surface area contributed by atoms with Crippen LogP contribution >= 0.6 is 46.1 Å². The van der Waals surface area contributed by atoms with Crippen molar-refractivity contribution in [3.05, 3.63) is 56.8 Å². The van der Waals surface area contributed by atoms with E-state index in [4.69, 9.17) is 34.8 Å². The molecular formula is C13H10Cl3N3O3S. The van der Waals surface area contributed by atoms with Gasteiger partial charge < -0.3 is 10.6 Å². The Balaban J connectivity index is 2.18. The van der Waals surface area contributed by atoms with Gasteiger partial charge in [-0.15, -0.1) is 11.3 Å². The Hall–Kier alpha value is -1.54. The lowest BCUT2D eigenvalue weighted by Crippen LogP contribution is -2.48. The number of nitrogens with zero attached hydrogens (tertiary/aromatic N) is 1. The van der Waals surface area contributed by atoms with Gasteiger partial charge in [0, 0.05) is 17.8 Å². The lowest BCUT2D eigenvalue weighted by atomic mass is 10.2. The standard InChI is InChI=1S/C13H10Cl3N3O3S/c14-13(15,16)12(18-11(20)10-5-2-6-23-10)17-8-3-1-4-9(7-8)19(21)22/h1-7,12,17H,(H,18,20)/t12-/m1/s1. The third-order valence-corrected chi connectivity index (χ3v) is 4.24. The van der Waals surface area contributed by atoms with Crippen LogP contribution in [0.15, 0.2) is 41.8 Å². The first-order valence-electron chi connectivity index (χ1n) is 6.19. The Morgan fingerprint density at radius 1 is 1.26 bits per heavy atom. The van der Waals surface area contributed by atoms with Gasteiger partial charge in [0.15, 0.2) is 0 Å². The molecule has 10 heteroatoms. The molecule has 2 rings (SSSR count). The van der Waals surface area contributed by atoms with E-state index in [1.165, 1.54) is 29.5 Å². The summed E-state index contributed by atoms with van der Waals surface area (Å²) in [6.07, 6.45) is -1.08. The van der Waals surface area contributed by atoms with Crippen molar-refractivity contribution in [3.8, 4) is 0 Å². The number of carbonyl (C=O) groups is 1. The molecule has 122 valence electrons. The number of hydrogen-bond donors (Lipinski definition) is 2. The molecule has 0 saturated heterocycles. The van der Waals surface area contributed by atoms with E-state index in [2.05, 4.69) is 10.6 Å². The van der Waals surface area contributed by atoms with Gasteiger partial charge in [-0.2, -0.15) is 0 Å². The number of nitrogens with one attached hydrogen (secondary N) is 2. The van der Waals surface area contributed by atoms with Crippen LogP contribution in [0.5, 0.6) is 0 Å². The number of halogens is 3. The fourth-order valence-corrected chi connectivity index (χ4v) is 2.64. The molecule has 0 aliphatic heterocycles. The van der Waals surface area contributed by atoms with Crippen molar-refractivity contribution in [3.63, 3.8) is 0 Å². The number of non-ortho nitro benzene ring substituents is 1. The van der Waals surface area contributed by atoms with E-state index >= 15 is 0 Å². The predicted molar refractivity (Wildman–Crippen MR) is 92.6 cm³/mol. The smallest absolute Gasteiger partial charge is 0.271 e. The van der Waals surface area contributed by atoms with Crippen molar-refractivity contribution >= 4 is 63.4 Å². The van der Waals surface area contributed by atoms with E-state index < -0.39 is 20.8 Å². The van der Waals surface area contributed by atoms with E-state index in [0.717, 1.165) is 0 Å². The third-order valence-electron chi connectivity index (χ3n) is 2.72. The van der Waals surface area contributed by atoms with Gasteiger partial charge in [-0.05, 0) is 17.5 Å². The van der Waals surface area contributed by atoms with E-state index in [1.807, 2.05) is 0 Å². The second-order valence-corrected chi connectivity index (χ2v) is 7.69. The van der Waals surface area contributed by atoms with E-state index in [9.17, 15) is 14.9 Å². The molecule has 2 N–H and O–H groups in total. The Morgan fingerprint density at radius 3 is 2.57 bits per heavy atom. The Morgan fingerprint density at radius 2 is 2.00 bits per heavy atom. The second kappa shape index (κ2) is 7.35. The molecule has 0 bridgehead atoms. The summed E-state index contributed by atoms with van der Waals surface area (Å²) in [7, 11) is 0. The van der Waals surface area contributed by atoms with Gasteiger partial charge in [-0.3, -0.25) is 14.9 Å². The van der Waals surface area contributed by atoms with Crippen LogP contribution in [0.1, 0.15) is 9.67 Å². The van der Waals surface area contributed by atoms with Gasteiger partial charge in [-0.25, -0.2) is 0 Å². The molecule has 1 aromatic carbocycles. The van der Waals surface area contributed by atoms with E-state index in [-0.39, 0.29) is 5.69 Å². The Kier molecular flexibility index (Phi) is 5.69. The number of nitro benzene ring substituents is 1. The molecule has 0 saturated carbocycles. The number of alkyl halides is 3. The summed E-state index contributed by atoms with van der Waals surface area (Å²) in [6, 6.07) is 9.01. The highest BCUT2D eigenvalue weighted by molar-refractivity contribution is 7.12. The van der Waals surface area contributed by atoms with Gasteiger partial charge in [-0.1, -0.05) is 46.9 Å². The first-order chi connectivity index (χ1) is 10.8.